The van der Waals surface area contributed by atoms with Gasteiger partial charge in [0, 0.05) is 24.2 Å². The highest BCUT2D eigenvalue weighted by Gasteiger charge is 2.25. The Labute approximate surface area is 155 Å². The maximum atomic E-state index is 14.7. The molecule has 6 heteroatoms. The molecule has 3 aromatic rings. The quantitative estimate of drug-likeness (QED) is 0.783. The number of hydrogen-bond donors (Lipinski definition) is 1. The summed E-state index contributed by atoms with van der Waals surface area (Å²) >= 11 is 0. The SMILES string of the molecule is [2H]C1=CC([2H])=C([2H])C(C(=O)Nc2cc3cc(-c4cncn4C)ccc3cn2)C1([2H])F. The van der Waals surface area contributed by atoms with Crippen LogP contribution < -0.4 is 5.32 Å². The van der Waals surface area contributed by atoms with Gasteiger partial charge in [-0.25, -0.2) is 14.4 Å². The van der Waals surface area contributed by atoms with E-state index in [9.17, 15) is 9.18 Å². The molecule has 1 aliphatic carbocycles. The monoisotopic (exact) mass is 352 g/mol. The molecule has 2 heterocycles. The number of nitrogens with one attached hydrogen (secondary N) is 1. The van der Waals surface area contributed by atoms with Crippen molar-refractivity contribution in [2.45, 2.75) is 6.15 Å². The van der Waals surface area contributed by atoms with Crippen LogP contribution in [0.4, 0.5) is 10.2 Å². The number of carbonyl (C=O) groups is 1. The van der Waals surface area contributed by atoms with E-state index in [-0.39, 0.29) is 5.82 Å². The molecule has 0 saturated carbocycles. The maximum Gasteiger partial charge on any atom is 0.235 e. The first-order valence-electron chi connectivity index (χ1n) is 9.91. The number of anilines is 1. The first kappa shape index (κ1) is 12.1. The lowest BCUT2D eigenvalue weighted by Gasteiger charge is -2.16. The van der Waals surface area contributed by atoms with E-state index < -0.39 is 36.1 Å². The number of halogens is 1. The fraction of sp³-hybridized carbons (Fsp3) is 0.150. The highest BCUT2D eigenvalue weighted by Crippen LogP contribution is 2.25. The van der Waals surface area contributed by atoms with Gasteiger partial charge in [-0.1, -0.05) is 30.3 Å². The number of rotatable bonds is 3. The van der Waals surface area contributed by atoms with Crippen LogP contribution in [-0.4, -0.2) is 26.6 Å². The standard InChI is InChI=1S/C20H17FN4O/c1-25-12-22-11-18(25)13-6-7-14-10-23-19(9-15(14)8-13)24-20(26)16-4-2-3-5-17(16)21/h2-12,16-17H,1H3,(H,23,24,26)/i2D,4D,5D,17D. The summed E-state index contributed by atoms with van der Waals surface area (Å²) in [5.74, 6) is -2.82. The third-order valence-corrected chi connectivity index (χ3v) is 4.11. The Kier molecular flexibility index (Phi) is 3.06. The number of pyridine rings is 1. The number of amides is 1. The summed E-state index contributed by atoms with van der Waals surface area (Å²) < 4.78 is 47.4. The van der Waals surface area contributed by atoms with Crippen molar-refractivity contribution in [3.05, 3.63) is 67.2 Å². The second-order valence-electron chi connectivity index (χ2n) is 5.87. The van der Waals surface area contributed by atoms with Gasteiger partial charge in [0.1, 0.15) is 12.0 Å². The lowest BCUT2D eigenvalue weighted by atomic mass is 9.98. The molecule has 2 aromatic heterocycles. The minimum atomic E-state index is -3.13. The average Bonchev–Trinajstić information content (AvgIpc) is 3.12. The van der Waals surface area contributed by atoms with Crippen molar-refractivity contribution >= 4 is 22.5 Å². The molecule has 2 atom stereocenters. The molecule has 4 rings (SSSR count). The third-order valence-electron chi connectivity index (χ3n) is 4.11. The molecule has 1 N–H and O–H groups in total. The van der Waals surface area contributed by atoms with Crippen LogP contribution in [0.25, 0.3) is 22.0 Å². The summed E-state index contributed by atoms with van der Waals surface area (Å²) in [7, 11) is 1.88. The number of hydrogen-bond acceptors (Lipinski definition) is 3. The van der Waals surface area contributed by atoms with E-state index in [4.69, 9.17) is 5.48 Å². The molecule has 0 bridgehead atoms. The molecular formula is C20H17FN4O. The van der Waals surface area contributed by atoms with Gasteiger partial charge < -0.3 is 9.88 Å². The molecule has 1 amide bonds. The van der Waals surface area contributed by atoms with Crippen LogP contribution in [0.2, 0.25) is 0 Å². The molecular weight excluding hydrogens is 331 g/mol. The van der Waals surface area contributed by atoms with Gasteiger partial charge in [-0.3, -0.25) is 4.79 Å². The maximum absolute atomic E-state index is 14.7. The van der Waals surface area contributed by atoms with E-state index in [1.807, 2.05) is 29.8 Å². The van der Waals surface area contributed by atoms with Gasteiger partial charge in [0.2, 0.25) is 5.91 Å². The minimum absolute atomic E-state index is 0.117. The summed E-state index contributed by atoms with van der Waals surface area (Å²) in [6.07, 6.45) is 2.61. The average molecular weight is 352 g/mol. The summed E-state index contributed by atoms with van der Waals surface area (Å²) in [5, 5.41) is 4.01. The number of allylic oxidation sites excluding steroid dienone is 3. The number of alkyl halides is 1. The smallest absolute Gasteiger partial charge is 0.235 e. The van der Waals surface area contributed by atoms with Crippen LogP contribution >= 0.6 is 0 Å². The number of benzene rings is 1. The molecule has 26 heavy (non-hydrogen) atoms. The van der Waals surface area contributed by atoms with Crippen molar-refractivity contribution in [1.82, 2.24) is 14.5 Å². The zero-order valence-corrected chi connectivity index (χ0v) is 13.8. The van der Waals surface area contributed by atoms with Crippen molar-refractivity contribution < 1.29 is 14.7 Å². The van der Waals surface area contributed by atoms with Gasteiger partial charge in [0.25, 0.3) is 0 Å². The second kappa shape index (κ2) is 6.55. The highest BCUT2D eigenvalue weighted by molar-refractivity contribution is 5.96. The summed E-state index contributed by atoms with van der Waals surface area (Å²) in [5.41, 5.74) is 1.81. The van der Waals surface area contributed by atoms with Gasteiger partial charge >= 0.3 is 0 Å². The van der Waals surface area contributed by atoms with Gasteiger partial charge in [-0.2, -0.15) is 0 Å². The molecule has 5 nitrogen and oxygen atoms in total. The summed E-state index contributed by atoms with van der Waals surface area (Å²) in [6.45, 7) is 0. The number of aryl methyl sites for hydroxylation is 1. The topological polar surface area (TPSA) is 59.8 Å². The van der Waals surface area contributed by atoms with E-state index in [0.29, 0.717) is 0 Å². The normalized spacial score (nSPS) is 25.2. The van der Waals surface area contributed by atoms with Gasteiger partial charge in [-0.15, -0.1) is 0 Å². The molecule has 0 saturated heterocycles. The fourth-order valence-corrected chi connectivity index (χ4v) is 2.76. The highest BCUT2D eigenvalue weighted by atomic mass is 19.1. The van der Waals surface area contributed by atoms with E-state index in [1.165, 1.54) is 0 Å². The van der Waals surface area contributed by atoms with Crippen LogP contribution in [0.15, 0.2) is 67.2 Å². The predicted molar refractivity (Wildman–Crippen MR) is 99.2 cm³/mol. The molecule has 1 aromatic carbocycles. The third kappa shape index (κ3) is 3.01. The number of fused-ring (bicyclic) bond motifs is 1. The largest absolute Gasteiger partial charge is 0.334 e. The van der Waals surface area contributed by atoms with Crippen LogP contribution in [0.5, 0.6) is 0 Å². The van der Waals surface area contributed by atoms with Crippen molar-refractivity contribution in [3.8, 4) is 11.3 Å². The van der Waals surface area contributed by atoms with E-state index in [0.717, 1.165) is 28.1 Å². The van der Waals surface area contributed by atoms with Crippen LogP contribution in [0, 0.1) is 5.92 Å². The Morgan fingerprint density at radius 1 is 1.31 bits per heavy atom. The van der Waals surface area contributed by atoms with E-state index in [1.54, 1.807) is 24.8 Å². The van der Waals surface area contributed by atoms with Gasteiger partial charge in [0.05, 0.1) is 29.6 Å². The molecule has 1 aliphatic rings. The van der Waals surface area contributed by atoms with Gasteiger partial charge in [0.15, 0.2) is 0 Å². The molecule has 0 aliphatic heterocycles. The first-order chi connectivity index (χ1) is 14.2. The lowest BCUT2D eigenvalue weighted by Crippen LogP contribution is -2.29. The minimum Gasteiger partial charge on any atom is -0.334 e. The predicted octanol–water partition coefficient (Wildman–Crippen LogP) is 3.65. The van der Waals surface area contributed by atoms with Crippen LogP contribution in [-0.2, 0) is 11.8 Å². The molecule has 2 unspecified atom stereocenters. The number of aromatic nitrogens is 3. The molecule has 0 fully saturated rings. The van der Waals surface area contributed by atoms with Crippen LogP contribution in [0.1, 0.15) is 5.48 Å². The van der Waals surface area contributed by atoms with Crippen molar-refractivity contribution in [2.75, 3.05) is 5.32 Å². The zero-order valence-electron chi connectivity index (χ0n) is 17.8. The Hall–Kier alpha value is -3.28. The molecule has 130 valence electrons. The number of imidazole rings is 1. The number of nitrogens with zero attached hydrogens (tertiary/aromatic N) is 3. The fourth-order valence-electron chi connectivity index (χ4n) is 2.76. The van der Waals surface area contributed by atoms with E-state index >= 15 is 0 Å². The Balaban J connectivity index is 1.66. The summed E-state index contributed by atoms with van der Waals surface area (Å²) in [4.78, 5) is 20.9. The number of carbonyl (C=O) groups excluding carboxylic acids is 1. The Morgan fingerprint density at radius 3 is 3.00 bits per heavy atom. The second-order valence-corrected chi connectivity index (χ2v) is 5.87. The molecule has 0 radical (unpaired) electrons. The summed E-state index contributed by atoms with van der Waals surface area (Å²) in [6, 6.07) is 5.35. The Morgan fingerprint density at radius 2 is 2.19 bits per heavy atom. The lowest BCUT2D eigenvalue weighted by molar-refractivity contribution is -0.119. The Bertz CT molecular complexity index is 1230. The zero-order chi connectivity index (χ0) is 21.6. The molecule has 0 spiro atoms. The van der Waals surface area contributed by atoms with E-state index in [2.05, 4.69) is 15.3 Å². The van der Waals surface area contributed by atoms with Crippen LogP contribution in [0.3, 0.4) is 0 Å². The van der Waals surface area contributed by atoms with Crippen molar-refractivity contribution in [1.29, 1.82) is 0 Å². The van der Waals surface area contributed by atoms with Crippen molar-refractivity contribution in [3.63, 3.8) is 0 Å². The van der Waals surface area contributed by atoms with Gasteiger partial charge in [-0.05, 0) is 23.6 Å². The van der Waals surface area contributed by atoms with Crippen molar-refractivity contribution in [2.24, 2.45) is 13.0 Å². The first-order valence-corrected chi connectivity index (χ1v) is 7.91.